The van der Waals surface area contributed by atoms with Gasteiger partial charge in [-0.3, -0.25) is 4.72 Å². The number of hydrogen-bond donors (Lipinski definition) is 1. The molecule has 0 aliphatic carbocycles. The van der Waals surface area contributed by atoms with Crippen LogP contribution in [0.4, 0.5) is 14.5 Å². The third-order valence-corrected chi connectivity index (χ3v) is 4.41. The van der Waals surface area contributed by atoms with E-state index in [9.17, 15) is 17.2 Å². The molecule has 0 aliphatic rings. The summed E-state index contributed by atoms with van der Waals surface area (Å²) in [5.41, 5.74) is -1.14. The lowest BCUT2D eigenvalue weighted by Gasteiger charge is -2.11. The minimum absolute atomic E-state index is 0.0942. The second-order valence-electron chi connectivity index (χ2n) is 4.14. The van der Waals surface area contributed by atoms with Gasteiger partial charge in [-0.2, -0.15) is 0 Å². The van der Waals surface area contributed by atoms with Crippen LogP contribution in [0.1, 0.15) is 5.56 Å². The van der Waals surface area contributed by atoms with Crippen LogP contribution in [-0.4, -0.2) is 8.42 Å². The minimum Gasteiger partial charge on any atom is -0.277 e. The summed E-state index contributed by atoms with van der Waals surface area (Å²) < 4.78 is 53.7. The predicted molar refractivity (Wildman–Crippen MR) is 81.6 cm³/mol. The summed E-state index contributed by atoms with van der Waals surface area (Å²) in [6.07, 6.45) is 4.99. The first kappa shape index (κ1) is 16.6. The molecule has 0 atom stereocenters. The van der Waals surface area contributed by atoms with Gasteiger partial charge in [-0.25, -0.2) is 17.2 Å². The topological polar surface area (TPSA) is 46.2 Å². The first-order valence-electron chi connectivity index (χ1n) is 5.68. The number of sulfonamides is 1. The zero-order chi connectivity index (χ0) is 16.5. The Morgan fingerprint density at radius 2 is 1.68 bits per heavy atom. The molecular weight excluding hydrogens is 355 g/mol. The summed E-state index contributed by atoms with van der Waals surface area (Å²) >= 11 is 11.5. The summed E-state index contributed by atoms with van der Waals surface area (Å²) in [6.45, 7) is 0. The molecule has 2 rings (SSSR count). The minimum atomic E-state index is -4.17. The van der Waals surface area contributed by atoms with Crippen molar-refractivity contribution >= 4 is 38.9 Å². The van der Waals surface area contributed by atoms with Crippen molar-refractivity contribution in [3.8, 4) is 12.3 Å². The molecule has 2 aromatic rings. The number of hydrogen-bond acceptors (Lipinski definition) is 2. The number of rotatable bonds is 3. The van der Waals surface area contributed by atoms with Crippen molar-refractivity contribution in [2.24, 2.45) is 0 Å². The van der Waals surface area contributed by atoms with E-state index in [1.165, 1.54) is 6.07 Å². The monoisotopic (exact) mass is 361 g/mol. The van der Waals surface area contributed by atoms with Crippen LogP contribution in [0, 0.1) is 24.0 Å². The summed E-state index contributed by atoms with van der Waals surface area (Å²) in [6, 6.07) is 5.41. The van der Waals surface area contributed by atoms with E-state index in [1.54, 1.807) is 0 Å². The van der Waals surface area contributed by atoms with E-state index in [2.05, 4.69) is 0 Å². The maximum Gasteiger partial charge on any atom is 0.262 e. The maximum absolute atomic E-state index is 14.0. The Balaban J connectivity index is 2.48. The van der Waals surface area contributed by atoms with E-state index in [1.807, 2.05) is 10.6 Å². The van der Waals surface area contributed by atoms with Crippen molar-refractivity contribution in [3.05, 3.63) is 57.6 Å². The molecule has 0 amide bonds. The van der Waals surface area contributed by atoms with Crippen molar-refractivity contribution in [3.63, 3.8) is 0 Å². The van der Waals surface area contributed by atoms with E-state index in [-0.39, 0.29) is 14.9 Å². The van der Waals surface area contributed by atoms with Gasteiger partial charge in [-0.15, -0.1) is 6.42 Å². The van der Waals surface area contributed by atoms with Gasteiger partial charge in [0.15, 0.2) is 5.82 Å². The van der Waals surface area contributed by atoms with Gasteiger partial charge in [-0.1, -0.05) is 29.1 Å². The van der Waals surface area contributed by atoms with Crippen LogP contribution < -0.4 is 4.72 Å². The van der Waals surface area contributed by atoms with Crippen LogP contribution in [-0.2, 0) is 10.0 Å². The van der Waals surface area contributed by atoms with Gasteiger partial charge in [-0.05, 0) is 30.3 Å². The van der Waals surface area contributed by atoms with Crippen LogP contribution in [0.25, 0.3) is 0 Å². The lowest BCUT2D eigenvalue weighted by atomic mass is 10.2. The van der Waals surface area contributed by atoms with Crippen LogP contribution in [0.5, 0.6) is 0 Å². The number of terminal acetylenes is 1. The predicted octanol–water partition coefficient (Wildman–Crippen LogP) is 4.05. The number of benzene rings is 2. The lowest BCUT2D eigenvalue weighted by molar-refractivity contribution is 0.578. The molecule has 0 bridgehead atoms. The molecule has 2 aromatic carbocycles. The normalized spacial score (nSPS) is 11.0. The molecule has 0 heterocycles. The van der Waals surface area contributed by atoms with Crippen molar-refractivity contribution in [1.29, 1.82) is 0 Å². The van der Waals surface area contributed by atoms with E-state index in [0.717, 1.165) is 24.3 Å². The van der Waals surface area contributed by atoms with Gasteiger partial charge in [0.2, 0.25) is 0 Å². The molecule has 8 heteroatoms. The quantitative estimate of drug-likeness (QED) is 0.838. The van der Waals surface area contributed by atoms with Crippen LogP contribution in [0.2, 0.25) is 10.0 Å². The molecule has 0 unspecified atom stereocenters. The highest BCUT2D eigenvalue weighted by Gasteiger charge is 2.20. The third kappa shape index (κ3) is 3.33. The van der Waals surface area contributed by atoms with E-state index < -0.39 is 32.9 Å². The third-order valence-electron chi connectivity index (χ3n) is 2.63. The highest BCUT2D eigenvalue weighted by Crippen LogP contribution is 2.26. The van der Waals surface area contributed by atoms with Crippen molar-refractivity contribution in [1.82, 2.24) is 0 Å². The lowest BCUT2D eigenvalue weighted by Crippen LogP contribution is -2.14. The Hall–Kier alpha value is -1.81. The van der Waals surface area contributed by atoms with E-state index >= 15 is 0 Å². The Morgan fingerprint density at radius 3 is 2.23 bits per heavy atom. The summed E-state index contributed by atoms with van der Waals surface area (Å²) in [5.74, 6) is -0.325. The smallest absolute Gasteiger partial charge is 0.262 e. The SMILES string of the molecule is C#Cc1c(F)ccc(NS(=O)(=O)c2cc(Cl)cc(Cl)c2)c1F. The molecular formula is C14H7Cl2F2NO2S. The Kier molecular flexibility index (Phi) is 4.61. The Bertz CT molecular complexity index is 872. The Labute approximate surface area is 135 Å². The molecule has 3 nitrogen and oxygen atoms in total. The summed E-state index contributed by atoms with van der Waals surface area (Å²) in [7, 11) is -4.17. The maximum atomic E-state index is 14.0. The average molecular weight is 362 g/mol. The zero-order valence-electron chi connectivity index (χ0n) is 10.7. The van der Waals surface area contributed by atoms with Crippen molar-refractivity contribution in [2.45, 2.75) is 4.90 Å². The fourth-order valence-corrected chi connectivity index (χ4v) is 3.44. The number of halogens is 4. The van der Waals surface area contributed by atoms with Crippen LogP contribution in [0.15, 0.2) is 35.2 Å². The van der Waals surface area contributed by atoms with Gasteiger partial charge in [0.05, 0.1) is 16.1 Å². The van der Waals surface area contributed by atoms with Gasteiger partial charge >= 0.3 is 0 Å². The summed E-state index contributed by atoms with van der Waals surface area (Å²) in [4.78, 5) is -0.268. The molecule has 0 saturated heterocycles. The van der Waals surface area contributed by atoms with Gasteiger partial charge in [0.1, 0.15) is 5.82 Å². The highest BCUT2D eigenvalue weighted by atomic mass is 35.5. The largest absolute Gasteiger partial charge is 0.277 e. The van der Waals surface area contributed by atoms with Gasteiger partial charge in [0, 0.05) is 10.0 Å². The van der Waals surface area contributed by atoms with E-state index in [4.69, 9.17) is 29.6 Å². The first-order valence-corrected chi connectivity index (χ1v) is 7.92. The molecule has 0 aliphatic heterocycles. The van der Waals surface area contributed by atoms with Crippen molar-refractivity contribution < 1.29 is 17.2 Å². The molecule has 0 aromatic heterocycles. The molecule has 114 valence electrons. The molecule has 0 spiro atoms. The highest BCUT2D eigenvalue weighted by molar-refractivity contribution is 7.92. The molecule has 0 radical (unpaired) electrons. The van der Waals surface area contributed by atoms with Crippen LogP contribution >= 0.6 is 23.2 Å². The van der Waals surface area contributed by atoms with Crippen LogP contribution in [0.3, 0.4) is 0 Å². The molecule has 0 saturated carbocycles. The first-order chi connectivity index (χ1) is 10.2. The number of anilines is 1. The van der Waals surface area contributed by atoms with Gasteiger partial charge in [0.25, 0.3) is 10.0 Å². The van der Waals surface area contributed by atoms with Gasteiger partial charge < -0.3 is 0 Å². The molecule has 1 N–H and O–H groups in total. The zero-order valence-corrected chi connectivity index (χ0v) is 13.0. The summed E-state index contributed by atoms with van der Waals surface area (Å²) in [5, 5.41) is 0.188. The number of nitrogens with one attached hydrogen (secondary N) is 1. The average Bonchev–Trinajstić information content (AvgIpc) is 2.41. The van der Waals surface area contributed by atoms with E-state index in [0.29, 0.717) is 0 Å². The van der Waals surface area contributed by atoms with Crippen molar-refractivity contribution in [2.75, 3.05) is 4.72 Å². The Morgan fingerprint density at radius 1 is 1.09 bits per heavy atom. The molecule has 0 fully saturated rings. The fraction of sp³-hybridized carbons (Fsp3) is 0. The second-order valence-corrected chi connectivity index (χ2v) is 6.69. The molecule has 22 heavy (non-hydrogen) atoms. The second kappa shape index (κ2) is 6.13. The fourth-order valence-electron chi connectivity index (χ4n) is 1.65. The standard InChI is InChI=1S/C14H7Cl2F2NO2S/c1-2-11-12(17)3-4-13(14(11)18)19-22(20,21)10-6-8(15)5-9(16)7-10/h1,3-7,19H.